The minimum atomic E-state index is -0.190. The average molecular weight is 353 g/mol. The number of rotatable bonds is 3. The summed E-state index contributed by atoms with van der Waals surface area (Å²) in [6.45, 7) is 3.99. The molecule has 1 fully saturated rings. The quantitative estimate of drug-likeness (QED) is 0.761. The number of benzene rings is 1. The van der Waals surface area contributed by atoms with Gasteiger partial charge in [-0.15, -0.1) is 0 Å². The summed E-state index contributed by atoms with van der Waals surface area (Å²) in [6.07, 6.45) is 1.70. The van der Waals surface area contributed by atoms with E-state index in [4.69, 9.17) is 46.4 Å². The van der Waals surface area contributed by atoms with Crippen LogP contribution in [0.1, 0.15) is 13.8 Å². The maximum atomic E-state index is 12.3. The third kappa shape index (κ3) is 3.25. The predicted octanol–water partition coefficient (Wildman–Crippen LogP) is 5.52. The van der Waals surface area contributed by atoms with Crippen molar-refractivity contribution in [1.29, 1.82) is 0 Å². The SMILES string of the molecule is CC1(C)[C@H](C=C(Cl)Cl)[C@H]1C(=O)Nc1cc(Cl)ccc1Cl. The molecule has 1 aromatic carbocycles. The van der Waals surface area contributed by atoms with Crippen LogP contribution in [-0.4, -0.2) is 5.91 Å². The molecule has 1 saturated carbocycles. The molecular formula is C14H13Cl4NO. The van der Waals surface area contributed by atoms with E-state index in [2.05, 4.69) is 5.32 Å². The molecule has 1 N–H and O–H groups in total. The first kappa shape index (κ1) is 16.0. The van der Waals surface area contributed by atoms with Gasteiger partial charge in [0.25, 0.3) is 0 Å². The second kappa shape index (κ2) is 5.76. The maximum Gasteiger partial charge on any atom is 0.228 e. The van der Waals surface area contributed by atoms with Crippen LogP contribution in [0.2, 0.25) is 10.0 Å². The molecule has 1 aliphatic carbocycles. The second-order valence-electron chi connectivity index (χ2n) is 5.39. The molecule has 20 heavy (non-hydrogen) atoms. The van der Waals surface area contributed by atoms with Gasteiger partial charge in [-0.25, -0.2) is 0 Å². The van der Waals surface area contributed by atoms with Gasteiger partial charge < -0.3 is 5.32 Å². The lowest BCUT2D eigenvalue weighted by Gasteiger charge is -2.08. The third-order valence-electron chi connectivity index (χ3n) is 3.68. The summed E-state index contributed by atoms with van der Waals surface area (Å²) in [6, 6.07) is 4.93. The Labute approximate surface area is 138 Å². The van der Waals surface area contributed by atoms with Crippen molar-refractivity contribution >= 4 is 58.0 Å². The van der Waals surface area contributed by atoms with E-state index < -0.39 is 0 Å². The molecular weight excluding hydrogens is 340 g/mol. The van der Waals surface area contributed by atoms with Crippen molar-refractivity contribution in [2.24, 2.45) is 17.3 Å². The monoisotopic (exact) mass is 351 g/mol. The highest BCUT2D eigenvalue weighted by Crippen LogP contribution is 2.60. The fourth-order valence-corrected chi connectivity index (χ4v) is 3.04. The number of amides is 1. The predicted molar refractivity (Wildman–Crippen MR) is 85.6 cm³/mol. The Morgan fingerprint density at radius 3 is 2.55 bits per heavy atom. The van der Waals surface area contributed by atoms with Crippen LogP contribution < -0.4 is 5.32 Å². The summed E-state index contributed by atoms with van der Waals surface area (Å²) in [5.41, 5.74) is 0.330. The average Bonchev–Trinajstić information content (AvgIpc) is 2.84. The third-order valence-corrected chi connectivity index (χ3v) is 4.50. The number of nitrogens with one attached hydrogen (secondary N) is 1. The largest absolute Gasteiger partial charge is 0.324 e. The second-order valence-corrected chi connectivity index (χ2v) is 7.25. The van der Waals surface area contributed by atoms with Gasteiger partial charge in [0.15, 0.2) is 0 Å². The van der Waals surface area contributed by atoms with Gasteiger partial charge >= 0.3 is 0 Å². The van der Waals surface area contributed by atoms with E-state index in [1.54, 1.807) is 24.3 Å². The van der Waals surface area contributed by atoms with Gasteiger partial charge in [0.1, 0.15) is 4.49 Å². The maximum absolute atomic E-state index is 12.3. The highest BCUT2D eigenvalue weighted by molar-refractivity contribution is 6.55. The zero-order valence-electron chi connectivity index (χ0n) is 10.9. The minimum absolute atomic E-state index is 0.0189. The Bertz CT molecular complexity index is 579. The molecule has 0 bridgehead atoms. The highest BCUT2D eigenvalue weighted by Gasteiger charge is 2.60. The van der Waals surface area contributed by atoms with Crippen LogP contribution in [0.4, 0.5) is 5.69 Å². The zero-order valence-corrected chi connectivity index (χ0v) is 13.9. The molecule has 0 aromatic heterocycles. The van der Waals surface area contributed by atoms with Gasteiger partial charge in [-0.2, -0.15) is 0 Å². The van der Waals surface area contributed by atoms with Gasteiger partial charge in [0.2, 0.25) is 5.91 Å². The van der Waals surface area contributed by atoms with Crippen LogP contribution >= 0.6 is 46.4 Å². The molecule has 0 spiro atoms. The Balaban J connectivity index is 2.14. The molecule has 0 unspecified atom stereocenters. The van der Waals surface area contributed by atoms with E-state index in [0.717, 1.165) is 0 Å². The Morgan fingerprint density at radius 2 is 1.95 bits per heavy atom. The van der Waals surface area contributed by atoms with Gasteiger partial charge in [0, 0.05) is 5.02 Å². The summed E-state index contributed by atoms with van der Waals surface area (Å²) in [7, 11) is 0. The first-order valence-electron chi connectivity index (χ1n) is 6.02. The Kier molecular flexibility index (Phi) is 4.60. The number of hydrogen-bond donors (Lipinski definition) is 1. The molecule has 1 amide bonds. The molecule has 0 radical (unpaired) electrons. The summed E-state index contributed by atoms with van der Waals surface area (Å²) in [5.74, 6) is -0.287. The van der Waals surface area contributed by atoms with Crippen LogP contribution in [0, 0.1) is 17.3 Å². The van der Waals surface area contributed by atoms with E-state index in [-0.39, 0.29) is 27.6 Å². The van der Waals surface area contributed by atoms with Crippen molar-refractivity contribution < 1.29 is 4.79 Å². The fraction of sp³-hybridized carbons (Fsp3) is 0.357. The minimum Gasteiger partial charge on any atom is -0.324 e. The van der Waals surface area contributed by atoms with Crippen molar-refractivity contribution in [2.45, 2.75) is 13.8 Å². The molecule has 2 atom stereocenters. The van der Waals surface area contributed by atoms with E-state index in [9.17, 15) is 4.79 Å². The van der Waals surface area contributed by atoms with Crippen LogP contribution in [0.15, 0.2) is 28.8 Å². The smallest absolute Gasteiger partial charge is 0.228 e. The molecule has 108 valence electrons. The van der Waals surface area contributed by atoms with Crippen LogP contribution in [0.5, 0.6) is 0 Å². The first-order chi connectivity index (χ1) is 9.23. The number of carbonyl (C=O) groups excluding carboxylic acids is 1. The fourth-order valence-electron chi connectivity index (χ4n) is 2.43. The molecule has 2 nitrogen and oxygen atoms in total. The summed E-state index contributed by atoms with van der Waals surface area (Å²) >= 11 is 23.3. The first-order valence-corrected chi connectivity index (χ1v) is 7.53. The molecule has 6 heteroatoms. The number of allylic oxidation sites excluding steroid dienone is 1. The standard InChI is InChI=1S/C14H13Cl4NO/c1-14(2)8(6-11(17)18)12(14)13(20)19-10-5-7(15)3-4-9(10)16/h3-6,8,12H,1-2H3,(H,19,20)/t8-,12+/m1/s1. The number of carbonyl (C=O) groups is 1. The molecule has 0 saturated heterocycles. The summed E-state index contributed by atoms with van der Waals surface area (Å²) in [5, 5.41) is 3.76. The molecule has 1 aromatic rings. The van der Waals surface area contributed by atoms with E-state index in [1.165, 1.54) is 0 Å². The van der Waals surface area contributed by atoms with E-state index in [1.807, 2.05) is 13.8 Å². The normalized spacial score (nSPS) is 23.1. The van der Waals surface area contributed by atoms with Crippen molar-refractivity contribution in [3.05, 3.63) is 38.8 Å². The van der Waals surface area contributed by atoms with Gasteiger partial charge in [-0.1, -0.05) is 60.3 Å². The summed E-state index contributed by atoms with van der Waals surface area (Å²) in [4.78, 5) is 12.3. The lowest BCUT2D eigenvalue weighted by atomic mass is 10.1. The summed E-state index contributed by atoms with van der Waals surface area (Å²) < 4.78 is 0.180. The molecule has 2 rings (SSSR count). The van der Waals surface area contributed by atoms with Crippen LogP contribution in [0.3, 0.4) is 0 Å². The molecule has 0 aliphatic heterocycles. The lowest BCUT2D eigenvalue weighted by Crippen LogP contribution is -2.17. The number of hydrogen-bond acceptors (Lipinski definition) is 1. The molecule has 0 heterocycles. The molecule has 1 aliphatic rings. The van der Waals surface area contributed by atoms with Crippen molar-refractivity contribution in [3.8, 4) is 0 Å². The van der Waals surface area contributed by atoms with Gasteiger partial charge in [0.05, 0.1) is 16.6 Å². The number of halogens is 4. The van der Waals surface area contributed by atoms with Gasteiger partial charge in [-0.3, -0.25) is 4.79 Å². The van der Waals surface area contributed by atoms with Crippen molar-refractivity contribution in [1.82, 2.24) is 0 Å². The van der Waals surface area contributed by atoms with E-state index in [0.29, 0.717) is 15.7 Å². The van der Waals surface area contributed by atoms with Crippen LogP contribution in [-0.2, 0) is 4.79 Å². The Hall–Kier alpha value is -0.410. The van der Waals surface area contributed by atoms with Crippen LogP contribution in [0.25, 0.3) is 0 Å². The van der Waals surface area contributed by atoms with Crippen molar-refractivity contribution in [3.63, 3.8) is 0 Å². The highest BCUT2D eigenvalue weighted by atomic mass is 35.5. The van der Waals surface area contributed by atoms with Crippen molar-refractivity contribution in [2.75, 3.05) is 5.32 Å². The van der Waals surface area contributed by atoms with Gasteiger partial charge in [-0.05, 0) is 35.6 Å². The zero-order chi connectivity index (χ0) is 15.1. The van der Waals surface area contributed by atoms with E-state index >= 15 is 0 Å². The Morgan fingerprint density at radius 1 is 1.30 bits per heavy atom. The number of anilines is 1. The lowest BCUT2D eigenvalue weighted by molar-refractivity contribution is -0.118. The topological polar surface area (TPSA) is 29.1 Å².